The van der Waals surface area contributed by atoms with E-state index in [0.717, 1.165) is 28.7 Å². The highest BCUT2D eigenvalue weighted by molar-refractivity contribution is 9.10. The summed E-state index contributed by atoms with van der Waals surface area (Å²) in [4.78, 5) is 0. The highest BCUT2D eigenvalue weighted by Gasteiger charge is 2.33. The van der Waals surface area contributed by atoms with Crippen LogP contribution in [0.2, 0.25) is 0 Å². The maximum Gasteiger partial charge on any atom is 0.0661 e. The molecule has 0 heterocycles. The molecule has 16 heavy (non-hydrogen) atoms. The van der Waals surface area contributed by atoms with Crippen LogP contribution in [-0.4, -0.2) is 17.3 Å². The highest BCUT2D eigenvalue weighted by atomic mass is 79.9. The zero-order chi connectivity index (χ0) is 11.6. The van der Waals surface area contributed by atoms with Gasteiger partial charge in [0.15, 0.2) is 0 Å². The Morgan fingerprint density at radius 2 is 2.06 bits per heavy atom. The summed E-state index contributed by atoms with van der Waals surface area (Å²) in [5.41, 5.74) is 7.30. The molecule has 0 atom stereocenters. The Kier molecular flexibility index (Phi) is 3.40. The number of nitrogens with two attached hydrogens (primary N) is 1. The van der Waals surface area contributed by atoms with Gasteiger partial charge in [-0.1, -0.05) is 12.8 Å². The predicted molar refractivity (Wildman–Crippen MR) is 70.5 cm³/mol. The second-order valence-electron chi connectivity index (χ2n) is 4.51. The van der Waals surface area contributed by atoms with Gasteiger partial charge in [-0.05, 0) is 47.0 Å². The van der Waals surface area contributed by atoms with E-state index in [1.165, 1.54) is 12.8 Å². The van der Waals surface area contributed by atoms with Gasteiger partial charge in [-0.3, -0.25) is 0 Å². The molecule has 88 valence electrons. The van der Waals surface area contributed by atoms with Crippen molar-refractivity contribution in [2.75, 3.05) is 17.7 Å². The fourth-order valence-electron chi connectivity index (χ4n) is 2.29. The number of hydrogen-bond donors (Lipinski definition) is 3. The topological polar surface area (TPSA) is 58.3 Å². The van der Waals surface area contributed by atoms with Gasteiger partial charge in [-0.25, -0.2) is 0 Å². The first-order valence-electron chi connectivity index (χ1n) is 5.59. The molecule has 1 fully saturated rings. The van der Waals surface area contributed by atoms with E-state index in [9.17, 15) is 5.11 Å². The molecule has 0 aliphatic heterocycles. The van der Waals surface area contributed by atoms with Crippen molar-refractivity contribution in [2.45, 2.75) is 31.2 Å². The molecule has 0 saturated heterocycles. The van der Waals surface area contributed by atoms with E-state index in [2.05, 4.69) is 21.2 Å². The number of nitrogen functional groups attached to an aromatic ring is 1. The number of halogens is 1. The second kappa shape index (κ2) is 4.63. The molecule has 1 aliphatic rings. The van der Waals surface area contributed by atoms with Gasteiger partial charge < -0.3 is 16.2 Å². The van der Waals surface area contributed by atoms with E-state index in [1.54, 1.807) is 0 Å². The fourth-order valence-corrected chi connectivity index (χ4v) is 2.79. The van der Waals surface area contributed by atoms with Gasteiger partial charge >= 0.3 is 0 Å². The SMILES string of the molecule is Nc1ccc(NC2(CO)CCCC2)c(Br)c1. The monoisotopic (exact) mass is 284 g/mol. The van der Waals surface area contributed by atoms with Gasteiger partial charge in [0.25, 0.3) is 0 Å². The quantitative estimate of drug-likeness (QED) is 0.748. The molecule has 0 amide bonds. The normalized spacial score (nSPS) is 18.6. The van der Waals surface area contributed by atoms with Gasteiger partial charge in [-0.15, -0.1) is 0 Å². The van der Waals surface area contributed by atoms with E-state index in [4.69, 9.17) is 5.73 Å². The summed E-state index contributed by atoms with van der Waals surface area (Å²) in [5, 5.41) is 13.0. The first kappa shape index (κ1) is 11.7. The molecule has 4 N–H and O–H groups in total. The third-order valence-corrected chi connectivity index (χ3v) is 3.91. The maximum atomic E-state index is 9.52. The largest absolute Gasteiger partial charge is 0.399 e. The summed E-state index contributed by atoms with van der Waals surface area (Å²) in [6.45, 7) is 0.184. The molecule has 0 bridgehead atoms. The van der Waals surface area contributed by atoms with Crippen molar-refractivity contribution in [2.24, 2.45) is 0 Å². The third-order valence-electron chi connectivity index (χ3n) is 3.26. The zero-order valence-corrected chi connectivity index (χ0v) is 10.8. The summed E-state index contributed by atoms with van der Waals surface area (Å²) < 4.78 is 0.951. The Bertz CT molecular complexity index is 375. The summed E-state index contributed by atoms with van der Waals surface area (Å²) >= 11 is 3.48. The van der Waals surface area contributed by atoms with Crippen LogP contribution in [0.15, 0.2) is 22.7 Å². The second-order valence-corrected chi connectivity index (χ2v) is 5.36. The van der Waals surface area contributed by atoms with Gasteiger partial charge in [0.05, 0.1) is 12.1 Å². The number of rotatable bonds is 3. The van der Waals surface area contributed by atoms with E-state index < -0.39 is 0 Å². The molecule has 2 rings (SSSR count). The molecule has 0 aromatic heterocycles. The van der Waals surface area contributed by atoms with Crippen molar-refractivity contribution in [3.05, 3.63) is 22.7 Å². The minimum atomic E-state index is -0.140. The standard InChI is InChI=1S/C12H17BrN2O/c13-10-7-9(14)3-4-11(10)15-12(8-16)5-1-2-6-12/h3-4,7,15-16H,1-2,5-6,8,14H2. The van der Waals surface area contributed by atoms with E-state index in [0.29, 0.717) is 0 Å². The average Bonchev–Trinajstić information content (AvgIpc) is 2.72. The number of aliphatic hydroxyl groups is 1. The maximum absolute atomic E-state index is 9.52. The molecule has 4 heteroatoms. The Labute approximate surface area is 104 Å². The minimum absolute atomic E-state index is 0.140. The summed E-state index contributed by atoms with van der Waals surface area (Å²) in [7, 11) is 0. The number of nitrogens with one attached hydrogen (secondary N) is 1. The van der Waals surface area contributed by atoms with Crippen molar-refractivity contribution in [1.82, 2.24) is 0 Å². The predicted octanol–water partition coefficient (Wildman–Crippen LogP) is 2.75. The number of aliphatic hydroxyl groups excluding tert-OH is 1. The van der Waals surface area contributed by atoms with Gasteiger partial charge in [0, 0.05) is 15.8 Å². The molecule has 0 radical (unpaired) electrons. The van der Waals surface area contributed by atoms with Gasteiger partial charge in [0.1, 0.15) is 0 Å². The van der Waals surface area contributed by atoms with Crippen LogP contribution in [0, 0.1) is 0 Å². The van der Waals surface area contributed by atoms with Crippen molar-refractivity contribution < 1.29 is 5.11 Å². The van der Waals surface area contributed by atoms with Crippen LogP contribution in [0.25, 0.3) is 0 Å². The van der Waals surface area contributed by atoms with E-state index in [-0.39, 0.29) is 12.1 Å². The Morgan fingerprint density at radius 3 is 2.62 bits per heavy atom. The van der Waals surface area contributed by atoms with Crippen LogP contribution in [0.1, 0.15) is 25.7 Å². The fraction of sp³-hybridized carbons (Fsp3) is 0.500. The lowest BCUT2D eigenvalue weighted by Crippen LogP contribution is -2.39. The summed E-state index contributed by atoms with van der Waals surface area (Å²) in [6, 6.07) is 5.70. The van der Waals surface area contributed by atoms with Crippen LogP contribution >= 0.6 is 15.9 Å². The van der Waals surface area contributed by atoms with Crippen LogP contribution in [0.4, 0.5) is 11.4 Å². The lowest BCUT2D eigenvalue weighted by atomic mass is 9.98. The molecule has 0 unspecified atom stereocenters. The third kappa shape index (κ3) is 2.33. The molecule has 1 aromatic carbocycles. The smallest absolute Gasteiger partial charge is 0.0661 e. The van der Waals surface area contributed by atoms with Crippen molar-refractivity contribution in [1.29, 1.82) is 0 Å². The lowest BCUT2D eigenvalue weighted by molar-refractivity contribution is 0.214. The number of hydrogen-bond acceptors (Lipinski definition) is 3. The van der Waals surface area contributed by atoms with Crippen LogP contribution in [0.3, 0.4) is 0 Å². The Morgan fingerprint density at radius 1 is 1.38 bits per heavy atom. The van der Waals surface area contributed by atoms with Crippen molar-refractivity contribution >= 4 is 27.3 Å². The molecule has 1 saturated carbocycles. The Hall–Kier alpha value is -0.740. The van der Waals surface area contributed by atoms with Gasteiger partial charge in [-0.2, -0.15) is 0 Å². The van der Waals surface area contributed by atoms with Crippen LogP contribution < -0.4 is 11.1 Å². The number of benzene rings is 1. The molecule has 0 spiro atoms. The zero-order valence-electron chi connectivity index (χ0n) is 9.17. The van der Waals surface area contributed by atoms with Crippen molar-refractivity contribution in [3.63, 3.8) is 0 Å². The van der Waals surface area contributed by atoms with Crippen LogP contribution in [-0.2, 0) is 0 Å². The molecular weight excluding hydrogens is 268 g/mol. The molecule has 3 nitrogen and oxygen atoms in total. The van der Waals surface area contributed by atoms with Gasteiger partial charge in [0.2, 0.25) is 0 Å². The molecular formula is C12H17BrN2O. The number of anilines is 2. The average molecular weight is 285 g/mol. The van der Waals surface area contributed by atoms with E-state index in [1.807, 2.05) is 18.2 Å². The summed E-state index contributed by atoms with van der Waals surface area (Å²) in [5.74, 6) is 0. The molecule has 1 aromatic rings. The lowest BCUT2D eigenvalue weighted by Gasteiger charge is -2.29. The highest BCUT2D eigenvalue weighted by Crippen LogP contribution is 2.35. The molecule has 1 aliphatic carbocycles. The van der Waals surface area contributed by atoms with Crippen molar-refractivity contribution in [3.8, 4) is 0 Å². The first-order chi connectivity index (χ1) is 7.65. The van der Waals surface area contributed by atoms with Crippen LogP contribution in [0.5, 0.6) is 0 Å². The minimum Gasteiger partial charge on any atom is -0.399 e. The Balaban J connectivity index is 2.19. The first-order valence-corrected chi connectivity index (χ1v) is 6.39. The summed E-state index contributed by atoms with van der Waals surface area (Å²) in [6.07, 6.45) is 4.42. The van der Waals surface area contributed by atoms with E-state index >= 15 is 0 Å².